The molecular weight excluding hydrogens is 338 g/mol. The summed E-state index contributed by atoms with van der Waals surface area (Å²) in [5, 5.41) is 0. The van der Waals surface area contributed by atoms with E-state index in [1.165, 1.54) is 35.6 Å². The lowest BCUT2D eigenvalue weighted by Crippen LogP contribution is -2.40. The number of hydrogen-bond donors (Lipinski definition) is 2. The fourth-order valence-electron chi connectivity index (χ4n) is 2.77. The van der Waals surface area contributed by atoms with E-state index in [2.05, 4.69) is 4.72 Å². The van der Waals surface area contributed by atoms with E-state index in [4.69, 9.17) is 5.73 Å². The molecule has 0 spiro atoms. The molecule has 0 bridgehead atoms. The van der Waals surface area contributed by atoms with Gasteiger partial charge in [0.2, 0.25) is 20.0 Å². The number of rotatable bonds is 6. The van der Waals surface area contributed by atoms with Gasteiger partial charge in [-0.2, -0.15) is 4.31 Å². The quantitative estimate of drug-likeness (QED) is 0.759. The van der Waals surface area contributed by atoms with Crippen molar-refractivity contribution >= 4 is 20.0 Å². The number of piperidine rings is 1. The third-order valence-corrected chi connectivity index (χ3v) is 7.41. The largest absolute Gasteiger partial charge is 0.330 e. The van der Waals surface area contributed by atoms with Crippen LogP contribution in [0, 0.1) is 5.92 Å². The van der Waals surface area contributed by atoms with Crippen LogP contribution in [-0.4, -0.2) is 47.8 Å². The van der Waals surface area contributed by atoms with Gasteiger partial charge in [0.15, 0.2) is 0 Å². The average Bonchev–Trinajstić information content (AvgIpc) is 2.55. The molecule has 0 aliphatic carbocycles. The second-order valence-electron chi connectivity index (χ2n) is 5.63. The zero-order valence-corrected chi connectivity index (χ0v) is 14.7. The molecule has 9 heteroatoms. The van der Waals surface area contributed by atoms with Crippen LogP contribution in [0.2, 0.25) is 0 Å². The molecule has 1 aromatic rings. The minimum atomic E-state index is -3.60. The van der Waals surface area contributed by atoms with Crippen molar-refractivity contribution in [2.45, 2.75) is 29.1 Å². The molecule has 130 valence electrons. The summed E-state index contributed by atoms with van der Waals surface area (Å²) in [4.78, 5) is 0.152. The van der Waals surface area contributed by atoms with Crippen molar-refractivity contribution in [3.8, 4) is 0 Å². The summed E-state index contributed by atoms with van der Waals surface area (Å²) >= 11 is 0. The van der Waals surface area contributed by atoms with Crippen LogP contribution in [0.1, 0.15) is 19.3 Å². The van der Waals surface area contributed by atoms with Crippen molar-refractivity contribution in [2.75, 3.05) is 26.7 Å². The Balaban J connectivity index is 2.22. The molecule has 3 N–H and O–H groups in total. The van der Waals surface area contributed by atoms with Crippen LogP contribution < -0.4 is 10.5 Å². The molecule has 0 aromatic heterocycles. The van der Waals surface area contributed by atoms with E-state index in [9.17, 15) is 16.8 Å². The first kappa shape index (κ1) is 18.3. The van der Waals surface area contributed by atoms with Gasteiger partial charge in [-0.25, -0.2) is 21.6 Å². The van der Waals surface area contributed by atoms with Crippen LogP contribution in [0.5, 0.6) is 0 Å². The first-order valence-electron chi connectivity index (χ1n) is 7.55. The number of nitrogens with two attached hydrogens (primary N) is 1. The third-order valence-electron chi connectivity index (χ3n) is 4.10. The SMILES string of the molecule is CNS(=O)(=O)c1ccc(S(=O)(=O)N2CCCC(CCN)C2)cc1. The number of benzene rings is 1. The van der Waals surface area contributed by atoms with Crippen LogP contribution in [0.25, 0.3) is 0 Å². The molecule has 1 aromatic carbocycles. The Kier molecular flexibility index (Phi) is 5.79. The van der Waals surface area contributed by atoms with Crippen molar-refractivity contribution in [3.05, 3.63) is 24.3 Å². The molecule has 1 aliphatic heterocycles. The fourth-order valence-corrected chi connectivity index (χ4v) is 5.06. The summed E-state index contributed by atoms with van der Waals surface area (Å²) in [6.07, 6.45) is 2.62. The van der Waals surface area contributed by atoms with Crippen LogP contribution in [0.3, 0.4) is 0 Å². The number of hydrogen-bond acceptors (Lipinski definition) is 5. The lowest BCUT2D eigenvalue weighted by molar-refractivity contribution is 0.258. The third kappa shape index (κ3) is 4.10. The second-order valence-corrected chi connectivity index (χ2v) is 9.45. The Hall–Kier alpha value is -1.00. The number of sulfonamides is 2. The average molecular weight is 361 g/mol. The Morgan fingerprint density at radius 1 is 1.17 bits per heavy atom. The number of nitrogens with zero attached hydrogens (tertiary/aromatic N) is 1. The highest BCUT2D eigenvalue weighted by atomic mass is 32.2. The van der Waals surface area contributed by atoms with E-state index in [0.717, 1.165) is 19.3 Å². The first-order valence-corrected chi connectivity index (χ1v) is 10.5. The van der Waals surface area contributed by atoms with Gasteiger partial charge < -0.3 is 5.73 Å². The molecule has 1 atom stereocenters. The summed E-state index contributed by atoms with van der Waals surface area (Å²) in [6.45, 7) is 1.51. The predicted octanol–water partition coefficient (Wildman–Crippen LogP) is 0.344. The molecule has 1 heterocycles. The van der Waals surface area contributed by atoms with E-state index in [1.54, 1.807) is 0 Å². The minimum absolute atomic E-state index is 0.0404. The molecule has 1 fully saturated rings. The highest BCUT2D eigenvalue weighted by molar-refractivity contribution is 7.89. The van der Waals surface area contributed by atoms with Gasteiger partial charge in [0.1, 0.15) is 0 Å². The van der Waals surface area contributed by atoms with E-state index >= 15 is 0 Å². The Morgan fingerprint density at radius 2 is 1.78 bits per heavy atom. The van der Waals surface area contributed by atoms with E-state index < -0.39 is 20.0 Å². The summed E-state index contributed by atoms with van der Waals surface area (Å²) in [5.41, 5.74) is 5.56. The molecule has 0 radical (unpaired) electrons. The second kappa shape index (κ2) is 7.27. The molecule has 1 unspecified atom stereocenters. The highest BCUT2D eigenvalue weighted by Gasteiger charge is 2.30. The molecule has 2 rings (SSSR count). The van der Waals surface area contributed by atoms with Gasteiger partial charge in [0.05, 0.1) is 9.79 Å². The molecule has 0 amide bonds. The standard InChI is InChI=1S/C14H23N3O4S2/c1-16-22(18,19)13-4-6-14(7-5-13)23(20,21)17-10-2-3-12(11-17)8-9-15/h4-7,12,16H,2-3,8-11,15H2,1H3. The van der Waals surface area contributed by atoms with Crippen LogP contribution in [0.4, 0.5) is 0 Å². The van der Waals surface area contributed by atoms with Gasteiger partial charge in [-0.3, -0.25) is 0 Å². The van der Waals surface area contributed by atoms with Crippen LogP contribution in [0.15, 0.2) is 34.1 Å². The monoisotopic (exact) mass is 361 g/mol. The van der Waals surface area contributed by atoms with Gasteiger partial charge in [-0.1, -0.05) is 0 Å². The molecular formula is C14H23N3O4S2. The van der Waals surface area contributed by atoms with E-state index in [0.29, 0.717) is 19.6 Å². The van der Waals surface area contributed by atoms with Crippen molar-refractivity contribution in [1.29, 1.82) is 0 Å². The van der Waals surface area contributed by atoms with Crippen LogP contribution >= 0.6 is 0 Å². The smallest absolute Gasteiger partial charge is 0.243 e. The summed E-state index contributed by atoms with van der Waals surface area (Å²) in [6, 6.07) is 5.29. The minimum Gasteiger partial charge on any atom is -0.330 e. The maximum atomic E-state index is 12.7. The van der Waals surface area contributed by atoms with Gasteiger partial charge >= 0.3 is 0 Å². The van der Waals surface area contributed by atoms with Gasteiger partial charge in [-0.05, 0) is 63.0 Å². The summed E-state index contributed by atoms with van der Waals surface area (Å²) in [5.74, 6) is 0.285. The normalized spacial score (nSPS) is 20.5. The fraction of sp³-hybridized carbons (Fsp3) is 0.571. The molecule has 1 aliphatic rings. The zero-order valence-electron chi connectivity index (χ0n) is 13.1. The summed E-state index contributed by atoms with van der Waals surface area (Å²) < 4.78 is 52.5. The zero-order chi connectivity index (χ0) is 17.1. The molecule has 7 nitrogen and oxygen atoms in total. The number of nitrogens with one attached hydrogen (secondary N) is 1. The van der Waals surface area contributed by atoms with Crippen molar-refractivity contribution < 1.29 is 16.8 Å². The molecule has 0 saturated carbocycles. The van der Waals surface area contributed by atoms with Gasteiger partial charge in [0, 0.05) is 13.1 Å². The van der Waals surface area contributed by atoms with Gasteiger partial charge in [0.25, 0.3) is 0 Å². The van der Waals surface area contributed by atoms with E-state index in [-0.39, 0.29) is 15.7 Å². The maximum Gasteiger partial charge on any atom is 0.243 e. The lowest BCUT2D eigenvalue weighted by Gasteiger charge is -2.31. The van der Waals surface area contributed by atoms with Gasteiger partial charge in [-0.15, -0.1) is 0 Å². The first-order chi connectivity index (χ1) is 10.8. The maximum absolute atomic E-state index is 12.7. The Bertz CT molecular complexity index is 728. The predicted molar refractivity (Wildman–Crippen MR) is 87.8 cm³/mol. The highest BCUT2D eigenvalue weighted by Crippen LogP contribution is 2.25. The molecule has 23 heavy (non-hydrogen) atoms. The van der Waals surface area contributed by atoms with E-state index in [1.807, 2.05) is 0 Å². The van der Waals surface area contributed by atoms with Crippen molar-refractivity contribution in [3.63, 3.8) is 0 Å². The lowest BCUT2D eigenvalue weighted by atomic mass is 9.96. The topological polar surface area (TPSA) is 110 Å². The Morgan fingerprint density at radius 3 is 2.35 bits per heavy atom. The van der Waals surface area contributed by atoms with Crippen molar-refractivity contribution in [2.24, 2.45) is 11.7 Å². The van der Waals surface area contributed by atoms with Crippen LogP contribution in [-0.2, 0) is 20.0 Å². The Labute approximate surface area is 138 Å². The molecule has 1 saturated heterocycles. The van der Waals surface area contributed by atoms with Crippen molar-refractivity contribution in [1.82, 2.24) is 9.03 Å². The summed E-state index contributed by atoms with van der Waals surface area (Å²) in [7, 11) is -5.87.